The van der Waals surface area contributed by atoms with Gasteiger partial charge in [-0.1, -0.05) is 35.3 Å². The molecule has 2 amide bonds. The fourth-order valence-corrected chi connectivity index (χ4v) is 8.52. The molecule has 3 aromatic heterocycles. The van der Waals surface area contributed by atoms with Crippen molar-refractivity contribution < 1.29 is 19.2 Å². The third kappa shape index (κ3) is 5.73. The molecule has 11 nitrogen and oxygen atoms in total. The zero-order chi connectivity index (χ0) is 37.5. The van der Waals surface area contributed by atoms with Crippen LogP contribution in [0.5, 0.6) is 5.75 Å². The summed E-state index contributed by atoms with van der Waals surface area (Å²) >= 11 is 13.5. The van der Waals surface area contributed by atoms with Gasteiger partial charge in [-0.05, 0) is 100 Å². The number of hydroxylamine groups is 1. The monoisotopic (exact) mass is 753 g/mol. The summed E-state index contributed by atoms with van der Waals surface area (Å²) in [4.78, 5) is 33.8. The standard InChI is InChI=1S/C40H41Cl2N7O4/c1-20-15-26(16-21(2)35(20)42)52-14-8-9-27-28-11-12-30(41)34(33-23(4)44-47(7)24(33)5)36(28)49-22(3)18-48(39(50)37(27)49)32-19-46(6)31-13-10-25(17-29(31)32)38-43-40(51)53-45-38/h10-13,15-17,19,22,38,45H,8-9,14,18H2,1-7H3,(H,43,51)/t22-,38?/m1/s1. The van der Waals surface area contributed by atoms with Gasteiger partial charge in [0.2, 0.25) is 0 Å². The van der Waals surface area contributed by atoms with Crippen molar-refractivity contribution in [2.24, 2.45) is 14.1 Å². The van der Waals surface area contributed by atoms with Crippen LogP contribution in [0.15, 0.2) is 48.7 Å². The molecule has 3 aromatic carbocycles. The van der Waals surface area contributed by atoms with Gasteiger partial charge in [0.15, 0.2) is 0 Å². The molecule has 53 heavy (non-hydrogen) atoms. The largest absolute Gasteiger partial charge is 0.494 e. The molecule has 2 aliphatic heterocycles. The van der Waals surface area contributed by atoms with Gasteiger partial charge in [-0.25, -0.2) is 4.79 Å². The minimum absolute atomic E-state index is 0.0885. The molecular formula is C40H41Cl2N7O4. The zero-order valence-corrected chi connectivity index (χ0v) is 32.2. The van der Waals surface area contributed by atoms with Gasteiger partial charge in [-0.3, -0.25) is 14.8 Å². The van der Waals surface area contributed by atoms with Crippen molar-refractivity contribution in [1.82, 2.24) is 29.7 Å². The van der Waals surface area contributed by atoms with Gasteiger partial charge in [-0.15, -0.1) is 5.48 Å². The molecule has 274 valence electrons. The quantitative estimate of drug-likeness (QED) is 0.151. The van der Waals surface area contributed by atoms with E-state index < -0.39 is 12.3 Å². The first-order chi connectivity index (χ1) is 25.3. The van der Waals surface area contributed by atoms with Crippen LogP contribution in [0.2, 0.25) is 10.0 Å². The van der Waals surface area contributed by atoms with Gasteiger partial charge in [-0.2, -0.15) is 5.10 Å². The van der Waals surface area contributed by atoms with Gasteiger partial charge in [0, 0.05) is 71.0 Å². The highest BCUT2D eigenvalue weighted by molar-refractivity contribution is 6.35. The first-order valence-electron chi connectivity index (χ1n) is 17.7. The molecule has 8 rings (SSSR count). The number of hydrogen-bond acceptors (Lipinski definition) is 6. The number of rotatable bonds is 8. The molecule has 2 N–H and O–H groups in total. The number of hydrogen-bond donors (Lipinski definition) is 2. The highest BCUT2D eigenvalue weighted by atomic mass is 35.5. The molecule has 5 heterocycles. The van der Waals surface area contributed by atoms with E-state index in [-0.39, 0.29) is 11.9 Å². The number of amides is 2. The minimum Gasteiger partial charge on any atom is -0.494 e. The van der Waals surface area contributed by atoms with Crippen LogP contribution in [0.4, 0.5) is 10.5 Å². The molecule has 0 spiro atoms. The number of fused-ring (bicyclic) bond motifs is 4. The van der Waals surface area contributed by atoms with E-state index in [0.29, 0.717) is 36.7 Å². The summed E-state index contributed by atoms with van der Waals surface area (Å²) < 4.78 is 12.3. The third-order valence-corrected chi connectivity index (χ3v) is 11.6. The van der Waals surface area contributed by atoms with E-state index in [1.165, 1.54) is 0 Å². The summed E-state index contributed by atoms with van der Waals surface area (Å²) in [7, 11) is 3.91. The highest BCUT2D eigenvalue weighted by Crippen LogP contribution is 2.46. The van der Waals surface area contributed by atoms with Crippen molar-refractivity contribution >= 4 is 62.7 Å². The maximum absolute atomic E-state index is 15.1. The van der Waals surface area contributed by atoms with Gasteiger partial charge in [0.1, 0.15) is 17.6 Å². The Morgan fingerprint density at radius 3 is 2.42 bits per heavy atom. The lowest BCUT2D eigenvalue weighted by molar-refractivity contribution is 0.0957. The van der Waals surface area contributed by atoms with Crippen molar-refractivity contribution in [3.63, 3.8) is 0 Å². The van der Waals surface area contributed by atoms with Gasteiger partial charge >= 0.3 is 6.09 Å². The maximum Gasteiger partial charge on any atom is 0.427 e. The molecule has 1 unspecified atom stereocenters. The Labute approximate surface area is 317 Å². The molecule has 1 saturated heterocycles. The van der Waals surface area contributed by atoms with Crippen LogP contribution in [-0.2, 0) is 25.4 Å². The lowest BCUT2D eigenvalue weighted by Crippen LogP contribution is -2.42. The number of anilines is 1. The number of aromatic nitrogens is 4. The number of nitrogens with zero attached hydrogens (tertiary/aromatic N) is 5. The fraction of sp³-hybridized carbons (Fsp3) is 0.325. The Kier molecular flexibility index (Phi) is 8.71. The predicted octanol–water partition coefficient (Wildman–Crippen LogP) is 8.55. The first kappa shape index (κ1) is 35.1. The van der Waals surface area contributed by atoms with E-state index in [2.05, 4.69) is 28.4 Å². The van der Waals surface area contributed by atoms with Crippen molar-refractivity contribution in [1.29, 1.82) is 0 Å². The molecule has 2 aliphatic rings. The Balaban J connectivity index is 1.25. The minimum atomic E-state index is -0.538. The van der Waals surface area contributed by atoms with Gasteiger partial charge in [0.25, 0.3) is 5.91 Å². The Morgan fingerprint density at radius 1 is 0.981 bits per heavy atom. The first-order valence-corrected chi connectivity index (χ1v) is 18.5. The van der Waals surface area contributed by atoms with Crippen LogP contribution >= 0.6 is 23.2 Å². The predicted molar refractivity (Wildman–Crippen MR) is 208 cm³/mol. The normalized spacial score (nSPS) is 17.2. The van der Waals surface area contributed by atoms with E-state index in [4.69, 9.17) is 37.9 Å². The highest BCUT2D eigenvalue weighted by Gasteiger charge is 2.38. The van der Waals surface area contributed by atoms with Crippen LogP contribution in [-0.4, -0.2) is 44.1 Å². The molecular weight excluding hydrogens is 713 g/mol. The number of nitrogens with one attached hydrogen (secondary N) is 2. The van der Waals surface area contributed by atoms with Crippen LogP contribution < -0.4 is 20.4 Å². The lowest BCUT2D eigenvalue weighted by Gasteiger charge is -2.34. The van der Waals surface area contributed by atoms with E-state index in [1.807, 2.05) is 98.5 Å². The van der Waals surface area contributed by atoms with Crippen LogP contribution in [0.3, 0.4) is 0 Å². The maximum atomic E-state index is 15.1. The van der Waals surface area contributed by atoms with E-state index in [9.17, 15) is 4.79 Å². The van der Waals surface area contributed by atoms with Crippen molar-refractivity contribution in [3.05, 3.63) is 98.0 Å². The summed E-state index contributed by atoms with van der Waals surface area (Å²) in [5.74, 6) is 0.685. The number of carbonyl (C=O) groups excluding carboxylic acids is 2. The number of benzene rings is 3. The molecule has 2 atom stereocenters. The van der Waals surface area contributed by atoms with Crippen molar-refractivity contribution in [2.45, 2.75) is 59.7 Å². The van der Waals surface area contributed by atoms with E-state index in [1.54, 1.807) is 0 Å². The topological polar surface area (TPSA) is 108 Å². The van der Waals surface area contributed by atoms with Gasteiger partial charge in [0.05, 0.1) is 28.5 Å². The molecule has 0 aliphatic carbocycles. The SMILES string of the molecule is Cc1cc(OCCCc2c3n(c4c(-c5c(C)nn(C)c5C)c(Cl)ccc24)[C@H](C)CN(c2cn(C)c4ccc(C5NOC(=O)N5)cc24)C3=O)cc(C)c1Cl. The molecule has 13 heteroatoms. The smallest absolute Gasteiger partial charge is 0.427 e. The average Bonchev–Trinajstić information content (AvgIpc) is 3.86. The van der Waals surface area contributed by atoms with E-state index >= 15 is 4.79 Å². The zero-order valence-electron chi connectivity index (χ0n) is 30.7. The van der Waals surface area contributed by atoms with Crippen LogP contribution in [0, 0.1) is 27.7 Å². The molecule has 0 bridgehead atoms. The lowest BCUT2D eigenvalue weighted by atomic mass is 9.98. The number of halogens is 2. The van der Waals surface area contributed by atoms with Crippen molar-refractivity contribution in [2.75, 3.05) is 18.1 Å². The van der Waals surface area contributed by atoms with E-state index in [0.717, 1.165) is 83.0 Å². The Morgan fingerprint density at radius 2 is 1.74 bits per heavy atom. The fourth-order valence-electron chi connectivity index (χ4n) is 8.16. The second-order valence-corrected chi connectivity index (χ2v) is 15.0. The molecule has 0 saturated carbocycles. The summed E-state index contributed by atoms with van der Waals surface area (Å²) in [6.45, 7) is 11.1. The Hall–Kier alpha value is -4.97. The summed E-state index contributed by atoms with van der Waals surface area (Å²) in [5.41, 5.74) is 13.5. The second-order valence-electron chi connectivity index (χ2n) is 14.3. The summed E-state index contributed by atoms with van der Waals surface area (Å²) in [6, 6.07) is 13.7. The van der Waals surface area contributed by atoms with Gasteiger partial charge < -0.3 is 23.6 Å². The molecule has 0 radical (unpaired) electrons. The summed E-state index contributed by atoms with van der Waals surface area (Å²) in [5, 5.41) is 10.7. The third-order valence-electron chi connectivity index (χ3n) is 10.7. The number of aryl methyl sites for hydroxylation is 6. The second kappa shape index (κ2) is 13.2. The Bertz CT molecular complexity index is 2470. The molecule has 6 aromatic rings. The number of ether oxygens (including phenoxy) is 1. The average molecular weight is 755 g/mol. The number of carbonyl (C=O) groups is 2. The summed E-state index contributed by atoms with van der Waals surface area (Å²) in [6.07, 6.45) is 2.24. The molecule has 1 fully saturated rings. The van der Waals surface area contributed by atoms with Crippen molar-refractivity contribution in [3.8, 4) is 16.9 Å². The van der Waals surface area contributed by atoms with Crippen LogP contribution in [0.25, 0.3) is 32.9 Å². The van der Waals surface area contributed by atoms with Crippen LogP contribution in [0.1, 0.15) is 69.7 Å².